The molecule has 0 bridgehead atoms. The molecule has 0 atom stereocenters. The zero-order valence-corrected chi connectivity index (χ0v) is 24.7. The Morgan fingerprint density at radius 1 is 0.525 bits per heavy atom. The lowest BCUT2D eigenvalue weighted by Gasteiger charge is -2.11. The summed E-state index contributed by atoms with van der Waals surface area (Å²) in [5.41, 5.74) is 1.03. The molecule has 0 aromatic heterocycles. The lowest BCUT2D eigenvalue weighted by molar-refractivity contribution is 0.0447. The first-order valence-electron chi connectivity index (χ1n) is 14.0. The number of hydrogen-bond donors (Lipinski definition) is 0. The second-order valence-electron chi connectivity index (χ2n) is 9.88. The first-order valence-corrected chi connectivity index (χ1v) is 14.0. The molecule has 0 amide bonds. The fraction of sp³-hybridized carbons (Fsp3) is 0.500. The fourth-order valence-electron chi connectivity index (χ4n) is 3.56. The SMILES string of the molecule is CC(C)CCCOC(=O)c1ccccc1C(=O)OCCCC(C)C.CCOC(=O)c1ccccc1C(=O)OCC. The number of hydrogen-bond acceptors (Lipinski definition) is 8. The van der Waals surface area contributed by atoms with Crippen molar-refractivity contribution in [3.8, 4) is 0 Å². The molecule has 0 fully saturated rings. The number of rotatable bonds is 14. The Bertz CT molecular complexity index is 990. The molecule has 0 aliphatic heterocycles. The highest BCUT2D eigenvalue weighted by molar-refractivity contribution is 6.03. The van der Waals surface area contributed by atoms with Gasteiger partial charge in [-0.2, -0.15) is 0 Å². The van der Waals surface area contributed by atoms with Crippen LogP contribution >= 0.6 is 0 Å². The van der Waals surface area contributed by atoms with Gasteiger partial charge in [0.05, 0.1) is 48.7 Å². The monoisotopic (exact) mass is 556 g/mol. The predicted molar refractivity (Wildman–Crippen MR) is 154 cm³/mol. The summed E-state index contributed by atoms with van der Waals surface area (Å²) in [5.74, 6) is -0.784. The van der Waals surface area contributed by atoms with Crippen LogP contribution in [0.4, 0.5) is 0 Å². The van der Waals surface area contributed by atoms with Crippen LogP contribution in [0.1, 0.15) is 109 Å². The Kier molecular flexibility index (Phi) is 16.6. The van der Waals surface area contributed by atoms with Crippen LogP contribution in [-0.2, 0) is 18.9 Å². The van der Waals surface area contributed by atoms with E-state index in [9.17, 15) is 19.2 Å². The predicted octanol–water partition coefficient (Wildman–Crippen LogP) is 6.91. The number of carbonyl (C=O) groups is 4. The Morgan fingerprint density at radius 3 is 1.05 bits per heavy atom. The highest BCUT2D eigenvalue weighted by Gasteiger charge is 2.19. The van der Waals surface area contributed by atoms with Crippen molar-refractivity contribution >= 4 is 23.9 Å². The van der Waals surface area contributed by atoms with Crippen LogP contribution in [0.5, 0.6) is 0 Å². The van der Waals surface area contributed by atoms with Crippen LogP contribution in [-0.4, -0.2) is 50.3 Å². The van der Waals surface area contributed by atoms with E-state index in [1.165, 1.54) is 0 Å². The molecular formula is C32H44O8. The van der Waals surface area contributed by atoms with Crippen molar-refractivity contribution in [1.82, 2.24) is 0 Å². The van der Waals surface area contributed by atoms with Gasteiger partial charge in [0.2, 0.25) is 0 Å². The molecule has 0 aliphatic carbocycles. The van der Waals surface area contributed by atoms with E-state index >= 15 is 0 Å². The summed E-state index contributed by atoms with van der Waals surface area (Å²) in [7, 11) is 0. The summed E-state index contributed by atoms with van der Waals surface area (Å²) in [6.45, 7) is 13.2. The topological polar surface area (TPSA) is 105 Å². The molecule has 0 unspecified atom stereocenters. The maximum Gasteiger partial charge on any atom is 0.339 e. The molecule has 0 N–H and O–H groups in total. The summed E-state index contributed by atoms with van der Waals surface area (Å²) < 4.78 is 20.3. The van der Waals surface area contributed by atoms with Gasteiger partial charge in [-0.25, -0.2) is 19.2 Å². The van der Waals surface area contributed by atoms with Crippen molar-refractivity contribution < 1.29 is 38.1 Å². The maximum absolute atomic E-state index is 12.2. The Morgan fingerprint density at radius 2 is 0.800 bits per heavy atom. The minimum atomic E-state index is -0.508. The Balaban J connectivity index is 0.000000433. The van der Waals surface area contributed by atoms with Crippen LogP contribution in [0.2, 0.25) is 0 Å². The average Bonchev–Trinajstić information content (AvgIpc) is 2.93. The van der Waals surface area contributed by atoms with Crippen LogP contribution in [0.15, 0.2) is 48.5 Å². The molecule has 40 heavy (non-hydrogen) atoms. The second-order valence-corrected chi connectivity index (χ2v) is 9.88. The van der Waals surface area contributed by atoms with Gasteiger partial charge < -0.3 is 18.9 Å². The lowest BCUT2D eigenvalue weighted by Crippen LogP contribution is -2.15. The van der Waals surface area contributed by atoms with E-state index in [-0.39, 0.29) is 35.5 Å². The number of benzene rings is 2. The molecule has 2 rings (SSSR count). The molecule has 2 aromatic rings. The van der Waals surface area contributed by atoms with Crippen molar-refractivity contribution in [3.63, 3.8) is 0 Å². The van der Waals surface area contributed by atoms with Gasteiger partial charge in [-0.15, -0.1) is 0 Å². The first-order chi connectivity index (χ1) is 19.1. The molecule has 0 heterocycles. The molecule has 8 heteroatoms. The van der Waals surface area contributed by atoms with Crippen molar-refractivity contribution in [2.75, 3.05) is 26.4 Å². The van der Waals surface area contributed by atoms with Gasteiger partial charge in [0, 0.05) is 0 Å². The molecule has 8 nitrogen and oxygen atoms in total. The van der Waals surface area contributed by atoms with Crippen molar-refractivity contribution in [2.24, 2.45) is 11.8 Å². The van der Waals surface area contributed by atoms with Crippen LogP contribution in [0, 0.1) is 11.8 Å². The van der Waals surface area contributed by atoms with E-state index in [1.807, 2.05) is 0 Å². The number of carbonyl (C=O) groups excluding carboxylic acids is 4. The third-order valence-electron chi connectivity index (χ3n) is 5.60. The summed E-state index contributed by atoms with van der Waals surface area (Å²) in [6.07, 6.45) is 3.66. The van der Waals surface area contributed by atoms with Crippen LogP contribution in [0.3, 0.4) is 0 Å². The number of ether oxygens (including phenoxy) is 4. The Hall–Kier alpha value is -3.68. The van der Waals surface area contributed by atoms with Gasteiger partial charge in [-0.1, -0.05) is 52.0 Å². The van der Waals surface area contributed by atoms with E-state index in [2.05, 4.69) is 27.7 Å². The third kappa shape index (κ3) is 12.9. The van der Waals surface area contributed by atoms with Gasteiger partial charge in [0.15, 0.2) is 0 Å². The molecule has 220 valence electrons. The van der Waals surface area contributed by atoms with E-state index in [0.717, 1.165) is 25.7 Å². The van der Waals surface area contributed by atoms with E-state index in [4.69, 9.17) is 18.9 Å². The summed E-state index contributed by atoms with van der Waals surface area (Å²) >= 11 is 0. The highest BCUT2D eigenvalue weighted by atomic mass is 16.5. The molecular weight excluding hydrogens is 512 g/mol. The van der Waals surface area contributed by atoms with Gasteiger partial charge in [0.25, 0.3) is 0 Å². The zero-order chi connectivity index (χ0) is 29.9. The second kappa shape index (κ2) is 19.4. The molecule has 2 aromatic carbocycles. The van der Waals surface area contributed by atoms with Crippen LogP contribution < -0.4 is 0 Å². The molecule has 0 aliphatic rings. The Labute approximate surface area is 238 Å². The van der Waals surface area contributed by atoms with Gasteiger partial charge >= 0.3 is 23.9 Å². The van der Waals surface area contributed by atoms with E-state index < -0.39 is 23.9 Å². The first kappa shape index (κ1) is 34.3. The molecule has 0 spiro atoms. The average molecular weight is 557 g/mol. The zero-order valence-electron chi connectivity index (χ0n) is 24.7. The largest absolute Gasteiger partial charge is 0.462 e. The van der Waals surface area contributed by atoms with Crippen molar-refractivity contribution in [3.05, 3.63) is 70.8 Å². The van der Waals surface area contributed by atoms with Gasteiger partial charge in [0.1, 0.15) is 0 Å². The van der Waals surface area contributed by atoms with Gasteiger partial charge in [-0.3, -0.25) is 0 Å². The quantitative estimate of drug-likeness (QED) is 0.140. The summed E-state index contributed by atoms with van der Waals surface area (Å²) in [6, 6.07) is 13.1. The minimum absolute atomic E-state index is 0.239. The molecule has 0 saturated heterocycles. The third-order valence-corrected chi connectivity index (χ3v) is 5.60. The standard InChI is InChI=1S/C20H30O4.C12H14O4/c1-15(2)9-7-13-23-19(21)17-11-5-6-12-18(17)20(22)24-14-8-10-16(3)4;1-3-15-11(13)9-7-5-6-8-10(9)12(14)16-4-2/h5-6,11-12,15-16H,7-10,13-14H2,1-4H3;5-8H,3-4H2,1-2H3. The fourth-order valence-corrected chi connectivity index (χ4v) is 3.56. The molecule has 0 saturated carbocycles. The summed E-state index contributed by atoms with van der Waals surface area (Å²) in [5, 5.41) is 0. The van der Waals surface area contributed by atoms with Crippen molar-refractivity contribution in [2.45, 2.75) is 67.2 Å². The summed E-state index contributed by atoms with van der Waals surface area (Å²) in [4.78, 5) is 47.5. The van der Waals surface area contributed by atoms with E-state index in [1.54, 1.807) is 62.4 Å². The number of esters is 4. The minimum Gasteiger partial charge on any atom is -0.462 e. The lowest BCUT2D eigenvalue weighted by atomic mass is 10.1. The maximum atomic E-state index is 12.2. The smallest absolute Gasteiger partial charge is 0.339 e. The van der Waals surface area contributed by atoms with Gasteiger partial charge in [-0.05, 0) is 75.6 Å². The normalized spacial score (nSPS) is 10.4. The van der Waals surface area contributed by atoms with Crippen LogP contribution in [0.25, 0.3) is 0 Å². The highest BCUT2D eigenvalue weighted by Crippen LogP contribution is 2.14. The molecule has 0 radical (unpaired) electrons. The van der Waals surface area contributed by atoms with Crippen molar-refractivity contribution in [1.29, 1.82) is 0 Å². The van der Waals surface area contributed by atoms with E-state index in [0.29, 0.717) is 25.0 Å².